The predicted octanol–water partition coefficient (Wildman–Crippen LogP) is 3.12. The Balaban J connectivity index is 0.00000162. The fourth-order valence-electron chi connectivity index (χ4n) is 1.29. The first-order valence-electron chi connectivity index (χ1n) is 5.00. The van der Waals surface area contributed by atoms with Crippen LogP contribution in [0, 0.1) is 12.9 Å². The molecule has 0 aliphatic heterocycles. The standard InChI is InChI=1S/C12H10FN3O.CH4/c1-8-2-4-10(6-14-8)15-11-5-3-9(7-17)12(13)16-11;/h2-7H,1H3,(H,15,16);1H4. The highest BCUT2D eigenvalue weighted by Crippen LogP contribution is 2.14. The third-order valence-electron chi connectivity index (χ3n) is 2.19. The van der Waals surface area contributed by atoms with Crippen LogP contribution in [0.3, 0.4) is 0 Å². The van der Waals surface area contributed by atoms with E-state index in [0.29, 0.717) is 17.8 Å². The lowest BCUT2D eigenvalue weighted by Crippen LogP contribution is -1.99. The maximum absolute atomic E-state index is 13.2. The number of pyridine rings is 2. The van der Waals surface area contributed by atoms with Crippen LogP contribution in [0.15, 0.2) is 30.5 Å². The second kappa shape index (κ2) is 5.86. The van der Waals surface area contributed by atoms with E-state index in [2.05, 4.69) is 15.3 Å². The molecule has 0 radical (unpaired) electrons. The summed E-state index contributed by atoms with van der Waals surface area (Å²) in [4.78, 5) is 18.1. The van der Waals surface area contributed by atoms with E-state index in [1.54, 1.807) is 6.20 Å². The number of halogens is 1. The molecule has 0 spiro atoms. The summed E-state index contributed by atoms with van der Waals surface area (Å²) in [5.41, 5.74) is 1.55. The third-order valence-corrected chi connectivity index (χ3v) is 2.19. The number of aryl methyl sites for hydroxylation is 1. The van der Waals surface area contributed by atoms with Gasteiger partial charge in [0, 0.05) is 5.69 Å². The van der Waals surface area contributed by atoms with Gasteiger partial charge in [-0.25, -0.2) is 4.98 Å². The van der Waals surface area contributed by atoms with Crippen LogP contribution in [0.4, 0.5) is 15.9 Å². The fraction of sp³-hybridized carbons (Fsp3) is 0.154. The first-order valence-corrected chi connectivity index (χ1v) is 5.00. The summed E-state index contributed by atoms with van der Waals surface area (Å²) in [6.07, 6.45) is 2.06. The van der Waals surface area contributed by atoms with Gasteiger partial charge in [0.1, 0.15) is 5.82 Å². The molecule has 18 heavy (non-hydrogen) atoms. The zero-order valence-corrected chi connectivity index (χ0v) is 9.14. The van der Waals surface area contributed by atoms with Crippen molar-refractivity contribution in [2.24, 2.45) is 0 Å². The topological polar surface area (TPSA) is 54.9 Å². The fourth-order valence-corrected chi connectivity index (χ4v) is 1.29. The van der Waals surface area contributed by atoms with Crippen LogP contribution in [0.1, 0.15) is 23.5 Å². The van der Waals surface area contributed by atoms with Crippen molar-refractivity contribution >= 4 is 17.8 Å². The van der Waals surface area contributed by atoms with Gasteiger partial charge in [-0.05, 0) is 31.2 Å². The van der Waals surface area contributed by atoms with Gasteiger partial charge in [-0.15, -0.1) is 0 Å². The highest BCUT2D eigenvalue weighted by atomic mass is 19.1. The summed E-state index contributed by atoms with van der Waals surface area (Å²) in [5, 5.41) is 2.89. The highest BCUT2D eigenvalue weighted by Gasteiger charge is 2.04. The Labute approximate surface area is 105 Å². The van der Waals surface area contributed by atoms with E-state index in [4.69, 9.17) is 0 Å². The molecule has 0 fully saturated rings. The first kappa shape index (κ1) is 13.8. The second-order valence-corrected chi connectivity index (χ2v) is 3.51. The number of nitrogens with one attached hydrogen (secondary N) is 1. The van der Waals surface area contributed by atoms with E-state index in [1.807, 2.05) is 19.1 Å². The maximum atomic E-state index is 13.2. The van der Waals surface area contributed by atoms with Gasteiger partial charge in [0.25, 0.3) is 0 Å². The first-order chi connectivity index (χ1) is 8.19. The quantitative estimate of drug-likeness (QED) is 0.668. The maximum Gasteiger partial charge on any atom is 0.225 e. The van der Waals surface area contributed by atoms with E-state index in [0.717, 1.165) is 5.69 Å². The number of nitrogens with zero attached hydrogens (tertiary/aromatic N) is 2. The number of aromatic nitrogens is 2. The number of hydrogen-bond acceptors (Lipinski definition) is 4. The molecule has 0 amide bonds. The van der Waals surface area contributed by atoms with Gasteiger partial charge in [-0.2, -0.15) is 4.39 Å². The van der Waals surface area contributed by atoms with E-state index < -0.39 is 5.95 Å². The molecule has 0 aliphatic carbocycles. The molecule has 0 bridgehead atoms. The van der Waals surface area contributed by atoms with Crippen molar-refractivity contribution in [1.29, 1.82) is 0 Å². The molecule has 0 aromatic carbocycles. The number of aldehydes is 1. The van der Waals surface area contributed by atoms with Gasteiger partial charge < -0.3 is 5.32 Å². The van der Waals surface area contributed by atoms with Crippen LogP contribution >= 0.6 is 0 Å². The smallest absolute Gasteiger partial charge is 0.225 e. The van der Waals surface area contributed by atoms with Crippen molar-refractivity contribution in [3.8, 4) is 0 Å². The minimum atomic E-state index is -0.787. The molecule has 2 rings (SSSR count). The van der Waals surface area contributed by atoms with Crippen LogP contribution in [-0.2, 0) is 0 Å². The van der Waals surface area contributed by atoms with Crippen LogP contribution in [-0.4, -0.2) is 16.3 Å². The molecule has 5 heteroatoms. The monoisotopic (exact) mass is 247 g/mol. The number of carbonyl (C=O) groups is 1. The van der Waals surface area contributed by atoms with E-state index in [1.165, 1.54) is 12.1 Å². The van der Waals surface area contributed by atoms with Crippen molar-refractivity contribution in [2.75, 3.05) is 5.32 Å². The molecular formula is C13H14FN3O. The van der Waals surface area contributed by atoms with Gasteiger partial charge >= 0.3 is 0 Å². The summed E-state index contributed by atoms with van der Waals surface area (Å²) in [5.74, 6) is -0.455. The Bertz CT molecular complexity index is 540. The minimum Gasteiger partial charge on any atom is -0.339 e. The van der Waals surface area contributed by atoms with Gasteiger partial charge in [-0.3, -0.25) is 9.78 Å². The zero-order valence-electron chi connectivity index (χ0n) is 9.14. The Morgan fingerprint density at radius 1 is 1.28 bits per heavy atom. The lowest BCUT2D eigenvalue weighted by Gasteiger charge is -2.05. The molecule has 2 aromatic rings. The molecule has 0 saturated heterocycles. The predicted molar refractivity (Wildman–Crippen MR) is 68.6 cm³/mol. The Kier molecular flexibility index (Phi) is 4.48. The molecular weight excluding hydrogens is 233 g/mol. The number of carbonyl (C=O) groups excluding carboxylic acids is 1. The summed E-state index contributed by atoms with van der Waals surface area (Å²) < 4.78 is 13.2. The molecule has 2 heterocycles. The number of hydrogen-bond donors (Lipinski definition) is 1. The van der Waals surface area contributed by atoms with Gasteiger partial charge in [0.05, 0.1) is 17.4 Å². The third kappa shape index (κ3) is 3.10. The Morgan fingerprint density at radius 2 is 2.06 bits per heavy atom. The van der Waals surface area contributed by atoms with Crippen LogP contribution < -0.4 is 5.32 Å². The van der Waals surface area contributed by atoms with Crippen LogP contribution in [0.25, 0.3) is 0 Å². The molecule has 4 nitrogen and oxygen atoms in total. The Morgan fingerprint density at radius 3 is 2.61 bits per heavy atom. The summed E-state index contributed by atoms with van der Waals surface area (Å²) in [6, 6.07) is 6.56. The SMILES string of the molecule is C.Cc1ccc(Nc2ccc(C=O)c(F)n2)cn1. The van der Waals surface area contributed by atoms with Crippen molar-refractivity contribution < 1.29 is 9.18 Å². The Hall–Kier alpha value is -2.30. The zero-order chi connectivity index (χ0) is 12.3. The molecule has 2 aromatic heterocycles. The molecule has 0 atom stereocenters. The van der Waals surface area contributed by atoms with E-state index >= 15 is 0 Å². The van der Waals surface area contributed by atoms with Crippen molar-refractivity contribution in [3.63, 3.8) is 0 Å². The number of anilines is 2. The molecule has 1 N–H and O–H groups in total. The van der Waals surface area contributed by atoms with E-state index in [9.17, 15) is 9.18 Å². The van der Waals surface area contributed by atoms with Crippen LogP contribution in [0.2, 0.25) is 0 Å². The lowest BCUT2D eigenvalue weighted by atomic mass is 10.3. The average molecular weight is 247 g/mol. The van der Waals surface area contributed by atoms with Crippen molar-refractivity contribution in [2.45, 2.75) is 14.4 Å². The average Bonchev–Trinajstić information content (AvgIpc) is 2.32. The summed E-state index contributed by atoms with van der Waals surface area (Å²) >= 11 is 0. The highest BCUT2D eigenvalue weighted by molar-refractivity contribution is 5.75. The van der Waals surface area contributed by atoms with Gasteiger partial charge in [-0.1, -0.05) is 7.43 Å². The molecule has 0 unspecified atom stereocenters. The molecule has 94 valence electrons. The van der Waals surface area contributed by atoms with Gasteiger partial charge in [0.15, 0.2) is 6.29 Å². The number of rotatable bonds is 3. The largest absolute Gasteiger partial charge is 0.339 e. The van der Waals surface area contributed by atoms with E-state index in [-0.39, 0.29) is 13.0 Å². The normalized spacial score (nSPS) is 9.44. The van der Waals surface area contributed by atoms with Crippen LogP contribution in [0.5, 0.6) is 0 Å². The van der Waals surface area contributed by atoms with Gasteiger partial charge in [0.2, 0.25) is 5.95 Å². The van der Waals surface area contributed by atoms with Crippen molar-refractivity contribution in [3.05, 3.63) is 47.7 Å². The molecule has 0 saturated carbocycles. The van der Waals surface area contributed by atoms with Crippen molar-refractivity contribution in [1.82, 2.24) is 9.97 Å². The lowest BCUT2D eigenvalue weighted by molar-refractivity contribution is 0.111. The second-order valence-electron chi connectivity index (χ2n) is 3.51. The minimum absolute atomic E-state index is 0. The molecule has 0 aliphatic rings. The summed E-state index contributed by atoms with van der Waals surface area (Å²) in [7, 11) is 0. The summed E-state index contributed by atoms with van der Waals surface area (Å²) in [6.45, 7) is 1.88.